The maximum absolute atomic E-state index is 13.6. The highest BCUT2D eigenvalue weighted by molar-refractivity contribution is 7.17. The molecule has 3 N–H and O–H groups in total. The summed E-state index contributed by atoms with van der Waals surface area (Å²) in [6.45, 7) is 7.90. The smallest absolute Gasteiger partial charge is 0.408 e. The summed E-state index contributed by atoms with van der Waals surface area (Å²) < 4.78 is 6.47. The molecular weight excluding hydrogens is 526 g/mol. The lowest BCUT2D eigenvalue weighted by Gasteiger charge is -2.25. The van der Waals surface area contributed by atoms with Gasteiger partial charge in [0.05, 0.1) is 6.04 Å². The van der Waals surface area contributed by atoms with Gasteiger partial charge in [0.2, 0.25) is 11.8 Å². The van der Waals surface area contributed by atoms with E-state index >= 15 is 0 Å². The Bertz CT molecular complexity index is 1270. The number of nitrogens with one attached hydrogen (secondary N) is 3. The predicted octanol–water partition coefficient (Wildman–Crippen LogP) is 5.00. The van der Waals surface area contributed by atoms with Crippen molar-refractivity contribution in [1.82, 2.24) is 16.0 Å². The average Bonchev–Trinajstić information content (AvgIpc) is 3.33. The predicted molar refractivity (Wildman–Crippen MR) is 158 cm³/mol. The van der Waals surface area contributed by atoms with E-state index in [1.54, 1.807) is 11.3 Å². The van der Waals surface area contributed by atoms with Crippen LogP contribution in [0.4, 0.5) is 4.79 Å². The third-order valence-corrected chi connectivity index (χ3v) is 7.38. The Morgan fingerprint density at radius 3 is 2.15 bits per heavy atom. The number of benzene rings is 2. The molecule has 3 amide bonds. The fraction of sp³-hybridized carbons (Fsp3) is 0.419. The number of aldehydes is 1. The van der Waals surface area contributed by atoms with Crippen LogP contribution in [-0.2, 0) is 32.1 Å². The van der Waals surface area contributed by atoms with Crippen LogP contribution >= 0.6 is 11.3 Å². The lowest BCUT2D eigenvalue weighted by Crippen LogP contribution is -2.56. The molecule has 40 heavy (non-hydrogen) atoms. The number of hydrogen-bond donors (Lipinski definition) is 3. The van der Waals surface area contributed by atoms with Gasteiger partial charge >= 0.3 is 6.09 Å². The number of hydrogen-bond acceptors (Lipinski definition) is 6. The molecule has 0 radical (unpaired) electrons. The lowest BCUT2D eigenvalue weighted by molar-refractivity contribution is -0.131. The van der Waals surface area contributed by atoms with E-state index in [2.05, 4.69) is 16.0 Å². The van der Waals surface area contributed by atoms with E-state index in [1.165, 1.54) is 0 Å². The van der Waals surface area contributed by atoms with Crippen LogP contribution < -0.4 is 16.0 Å². The summed E-state index contributed by atoms with van der Waals surface area (Å²) in [4.78, 5) is 51.1. The van der Waals surface area contributed by atoms with Crippen LogP contribution in [0.1, 0.15) is 51.7 Å². The Balaban J connectivity index is 1.78. The first kappa shape index (κ1) is 30.8. The fourth-order valence-corrected chi connectivity index (χ4v) is 5.42. The molecule has 3 aromatic rings. The maximum Gasteiger partial charge on any atom is 0.408 e. The van der Waals surface area contributed by atoms with Crippen molar-refractivity contribution >= 4 is 45.6 Å². The molecule has 0 saturated carbocycles. The first-order valence-corrected chi connectivity index (χ1v) is 14.5. The Morgan fingerprint density at radius 1 is 0.825 bits per heavy atom. The topological polar surface area (TPSA) is 114 Å². The van der Waals surface area contributed by atoms with E-state index in [1.807, 2.05) is 87.7 Å². The summed E-state index contributed by atoms with van der Waals surface area (Å²) in [6, 6.07) is 14.6. The second kappa shape index (κ2) is 15.2. The van der Waals surface area contributed by atoms with Crippen LogP contribution in [0.15, 0.2) is 60.0 Å². The zero-order valence-electron chi connectivity index (χ0n) is 23.5. The van der Waals surface area contributed by atoms with Crippen LogP contribution in [0.3, 0.4) is 0 Å². The summed E-state index contributed by atoms with van der Waals surface area (Å²) in [6.07, 6.45) is 1.08. The van der Waals surface area contributed by atoms with Gasteiger partial charge in [-0.2, -0.15) is 0 Å². The monoisotopic (exact) mass is 565 g/mol. The summed E-state index contributed by atoms with van der Waals surface area (Å²) in [5.41, 5.74) is 1.73. The molecular formula is C31H39N3O5S. The van der Waals surface area contributed by atoms with Crippen molar-refractivity contribution in [2.75, 3.05) is 0 Å². The van der Waals surface area contributed by atoms with E-state index in [4.69, 9.17) is 4.74 Å². The minimum absolute atomic E-state index is 0.0592. The molecule has 0 aliphatic heterocycles. The van der Waals surface area contributed by atoms with Gasteiger partial charge in [0, 0.05) is 11.1 Å². The highest BCUT2D eigenvalue weighted by atomic mass is 32.1. The molecule has 214 valence electrons. The largest absolute Gasteiger partial charge is 0.445 e. The number of thiophene rings is 1. The lowest BCUT2D eigenvalue weighted by atomic mass is 9.99. The van der Waals surface area contributed by atoms with Crippen molar-refractivity contribution < 1.29 is 23.9 Å². The van der Waals surface area contributed by atoms with Gasteiger partial charge in [-0.15, -0.1) is 11.3 Å². The van der Waals surface area contributed by atoms with Gasteiger partial charge in [-0.25, -0.2) is 4.79 Å². The molecule has 1 aromatic heterocycles. The molecule has 3 rings (SSSR count). The second-order valence-corrected chi connectivity index (χ2v) is 11.7. The molecule has 9 heteroatoms. The van der Waals surface area contributed by atoms with Crippen LogP contribution in [-0.4, -0.2) is 42.3 Å². The number of carbonyl (C=O) groups excluding carboxylic acids is 4. The van der Waals surface area contributed by atoms with E-state index in [0.29, 0.717) is 12.8 Å². The van der Waals surface area contributed by atoms with E-state index in [-0.39, 0.29) is 24.9 Å². The van der Waals surface area contributed by atoms with Crippen molar-refractivity contribution in [1.29, 1.82) is 0 Å². The number of ether oxygens (including phenoxy) is 1. The van der Waals surface area contributed by atoms with Crippen molar-refractivity contribution in [2.24, 2.45) is 11.8 Å². The van der Waals surface area contributed by atoms with E-state index < -0.39 is 36.0 Å². The first-order valence-electron chi connectivity index (χ1n) is 13.6. The molecule has 8 nitrogen and oxygen atoms in total. The number of alkyl carbamates (subject to hydrolysis) is 1. The van der Waals surface area contributed by atoms with Gasteiger partial charge in [0.1, 0.15) is 25.0 Å². The Morgan fingerprint density at radius 2 is 1.48 bits per heavy atom. The number of amides is 3. The molecule has 0 aliphatic carbocycles. The molecule has 0 spiro atoms. The van der Waals surface area contributed by atoms with Gasteiger partial charge in [-0.3, -0.25) is 9.59 Å². The Hall–Kier alpha value is -3.72. The standard InChI is InChI=1S/C31H39N3O5S/c1-20(2)14-24(17-35)32-29(36)26(15-21(3)4)33-30(37)27(16-23-19-40-28-13-9-8-12-25(23)28)34-31(38)39-18-22-10-6-5-7-11-22/h5-13,17,19-21,24,26-27H,14-16,18H2,1-4H3,(H,32,36)(H,33,37)(H,34,38)/t24?,26-,27-/m0/s1. The Kier molecular flexibility index (Phi) is 11.7. The zero-order chi connectivity index (χ0) is 29.1. The highest BCUT2D eigenvalue weighted by Crippen LogP contribution is 2.26. The normalized spacial score (nSPS) is 13.4. The molecule has 2 aromatic carbocycles. The third-order valence-electron chi connectivity index (χ3n) is 6.36. The van der Waals surface area contributed by atoms with Crippen LogP contribution in [0, 0.1) is 11.8 Å². The molecule has 1 heterocycles. The first-order chi connectivity index (χ1) is 19.2. The van der Waals surface area contributed by atoms with Gasteiger partial charge in [-0.05, 0) is 52.6 Å². The fourth-order valence-electron chi connectivity index (χ4n) is 4.44. The number of carbonyl (C=O) groups is 4. The molecule has 0 saturated heterocycles. The summed E-state index contributed by atoms with van der Waals surface area (Å²) in [7, 11) is 0. The minimum Gasteiger partial charge on any atom is -0.445 e. The molecule has 0 bridgehead atoms. The van der Waals surface area contributed by atoms with Crippen LogP contribution in [0.25, 0.3) is 10.1 Å². The SMILES string of the molecule is CC(C)CC(C=O)NC(=O)[C@H](CC(C)C)NC(=O)[C@H](Cc1csc2ccccc12)NC(=O)OCc1ccccc1. The van der Waals surface area contributed by atoms with Gasteiger partial charge in [-0.1, -0.05) is 76.2 Å². The zero-order valence-corrected chi connectivity index (χ0v) is 24.3. The van der Waals surface area contributed by atoms with Crippen LogP contribution in [0.2, 0.25) is 0 Å². The van der Waals surface area contributed by atoms with E-state index in [0.717, 1.165) is 27.5 Å². The maximum atomic E-state index is 13.6. The highest BCUT2D eigenvalue weighted by Gasteiger charge is 2.29. The van der Waals surface area contributed by atoms with Crippen molar-refractivity contribution in [3.05, 3.63) is 71.1 Å². The van der Waals surface area contributed by atoms with Gasteiger partial charge in [0.15, 0.2) is 0 Å². The number of fused-ring (bicyclic) bond motifs is 1. The van der Waals surface area contributed by atoms with Gasteiger partial charge in [0.25, 0.3) is 0 Å². The van der Waals surface area contributed by atoms with Crippen LogP contribution in [0.5, 0.6) is 0 Å². The molecule has 0 fully saturated rings. The minimum atomic E-state index is -0.985. The van der Waals surface area contributed by atoms with Crippen molar-refractivity contribution in [3.8, 4) is 0 Å². The summed E-state index contributed by atoms with van der Waals surface area (Å²) in [5.74, 6) is -0.617. The average molecular weight is 566 g/mol. The second-order valence-electron chi connectivity index (χ2n) is 10.8. The molecule has 0 aliphatic rings. The third kappa shape index (κ3) is 9.48. The quantitative estimate of drug-likeness (QED) is 0.238. The molecule has 1 unspecified atom stereocenters. The van der Waals surface area contributed by atoms with E-state index in [9.17, 15) is 19.2 Å². The summed E-state index contributed by atoms with van der Waals surface area (Å²) >= 11 is 1.56. The summed E-state index contributed by atoms with van der Waals surface area (Å²) in [5, 5.41) is 11.3. The molecule has 3 atom stereocenters. The van der Waals surface area contributed by atoms with Gasteiger partial charge < -0.3 is 25.5 Å². The van der Waals surface area contributed by atoms with Crippen molar-refractivity contribution in [3.63, 3.8) is 0 Å². The van der Waals surface area contributed by atoms with Crippen molar-refractivity contribution in [2.45, 2.75) is 71.7 Å². The number of rotatable bonds is 14. The Labute approximate surface area is 239 Å².